The molecule has 3 rings (SSSR count). The third-order valence-corrected chi connectivity index (χ3v) is 4.21. The fourth-order valence-corrected chi connectivity index (χ4v) is 2.82. The molecule has 0 saturated heterocycles. The molecule has 0 fully saturated rings. The van der Waals surface area contributed by atoms with Gasteiger partial charge in [0.1, 0.15) is 11.5 Å². The Morgan fingerprint density at radius 2 is 1.92 bits per heavy atom. The van der Waals surface area contributed by atoms with E-state index in [9.17, 15) is 4.79 Å². The van der Waals surface area contributed by atoms with Crippen LogP contribution in [0.1, 0.15) is 18.4 Å². The third kappa shape index (κ3) is 3.77. The van der Waals surface area contributed by atoms with Gasteiger partial charge in [-0.05, 0) is 44.2 Å². The van der Waals surface area contributed by atoms with Gasteiger partial charge in [0.2, 0.25) is 11.8 Å². The first kappa shape index (κ1) is 17.7. The minimum Gasteiger partial charge on any atom is -0.497 e. The molecule has 26 heavy (non-hydrogen) atoms. The zero-order valence-electron chi connectivity index (χ0n) is 15.2. The Hall–Kier alpha value is -3.08. The number of nitrogens with zero attached hydrogens (tertiary/aromatic N) is 2. The summed E-state index contributed by atoms with van der Waals surface area (Å²) < 4.78 is 11.0. The maximum Gasteiger partial charge on any atom is 0.233 e. The van der Waals surface area contributed by atoms with Crippen molar-refractivity contribution in [2.24, 2.45) is 0 Å². The Bertz CT molecular complexity index is 887. The minimum atomic E-state index is -0.00714. The molecule has 0 aliphatic rings. The van der Waals surface area contributed by atoms with Crippen molar-refractivity contribution in [3.8, 4) is 17.2 Å². The van der Waals surface area contributed by atoms with Crippen LogP contribution < -0.4 is 9.64 Å². The van der Waals surface area contributed by atoms with Crippen LogP contribution in [0.25, 0.3) is 11.5 Å². The summed E-state index contributed by atoms with van der Waals surface area (Å²) in [4.78, 5) is 19.1. The molecule has 5 nitrogen and oxygen atoms in total. The van der Waals surface area contributed by atoms with Crippen LogP contribution in [0, 0.1) is 6.92 Å². The van der Waals surface area contributed by atoms with E-state index in [2.05, 4.69) is 4.98 Å². The third-order valence-electron chi connectivity index (χ3n) is 4.21. The average molecular weight is 350 g/mol. The quantitative estimate of drug-likeness (QED) is 0.667. The van der Waals surface area contributed by atoms with Gasteiger partial charge in [0.15, 0.2) is 0 Å². The van der Waals surface area contributed by atoms with Crippen LogP contribution in [0.15, 0.2) is 59.0 Å². The lowest BCUT2D eigenvalue weighted by molar-refractivity contribution is -0.118. The van der Waals surface area contributed by atoms with E-state index in [1.54, 1.807) is 12.0 Å². The Kier molecular flexibility index (Phi) is 5.37. The SMILES string of the molecule is CCN(C(=O)Cc1nc(-c2cccc(OC)c2)oc1C)c1ccccc1. The fourth-order valence-electron chi connectivity index (χ4n) is 2.82. The zero-order chi connectivity index (χ0) is 18.5. The van der Waals surface area contributed by atoms with Crippen molar-refractivity contribution < 1.29 is 13.9 Å². The lowest BCUT2D eigenvalue weighted by atomic mass is 10.2. The molecule has 1 aromatic heterocycles. The van der Waals surface area contributed by atoms with Gasteiger partial charge in [-0.1, -0.05) is 24.3 Å². The highest BCUT2D eigenvalue weighted by atomic mass is 16.5. The van der Waals surface area contributed by atoms with E-state index in [-0.39, 0.29) is 12.3 Å². The molecule has 5 heteroatoms. The maximum absolute atomic E-state index is 12.8. The van der Waals surface area contributed by atoms with E-state index in [0.29, 0.717) is 23.9 Å². The van der Waals surface area contributed by atoms with Gasteiger partial charge in [-0.2, -0.15) is 0 Å². The molecule has 2 aromatic carbocycles. The molecule has 1 heterocycles. The second-order valence-corrected chi connectivity index (χ2v) is 5.90. The Morgan fingerprint density at radius 3 is 2.62 bits per heavy atom. The molecule has 0 radical (unpaired) electrons. The van der Waals surface area contributed by atoms with E-state index in [0.717, 1.165) is 17.0 Å². The second-order valence-electron chi connectivity index (χ2n) is 5.90. The van der Waals surface area contributed by atoms with E-state index < -0.39 is 0 Å². The number of methoxy groups -OCH3 is 1. The molecule has 0 aliphatic heterocycles. The standard InChI is InChI=1S/C21H22N2O3/c1-4-23(17-10-6-5-7-11-17)20(24)14-19-15(2)26-21(22-19)16-9-8-12-18(13-16)25-3/h5-13H,4,14H2,1-3H3. The smallest absolute Gasteiger partial charge is 0.233 e. The largest absolute Gasteiger partial charge is 0.497 e. The molecule has 0 saturated carbocycles. The number of carbonyl (C=O) groups is 1. The highest BCUT2D eigenvalue weighted by molar-refractivity contribution is 5.94. The number of para-hydroxylation sites is 1. The van der Waals surface area contributed by atoms with Gasteiger partial charge in [0, 0.05) is 17.8 Å². The number of aryl methyl sites for hydroxylation is 1. The number of anilines is 1. The molecule has 1 amide bonds. The number of rotatable bonds is 6. The minimum absolute atomic E-state index is 0.00714. The highest BCUT2D eigenvalue weighted by Crippen LogP contribution is 2.26. The van der Waals surface area contributed by atoms with E-state index >= 15 is 0 Å². The highest BCUT2D eigenvalue weighted by Gasteiger charge is 2.19. The van der Waals surface area contributed by atoms with Gasteiger partial charge in [0.25, 0.3) is 0 Å². The summed E-state index contributed by atoms with van der Waals surface area (Å²) in [6, 6.07) is 17.2. The molecule has 0 aliphatic carbocycles. The van der Waals surface area contributed by atoms with Crippen LogP contribution in [0.4, 0.5) is 5.69 Å². The number of hydrogen-bond donors (Lipinski definition) is 0. The number of oxazole rings is 1. The van der Waals surface area contributed by atoms with Crippen molar-refractivity contribution in [2.45, 2.75) is 20.3 Å². The first-order chi connectivity index (χ1) is 12.6. The molecule has 0 spiro atoms. The molecule has 0 N–H and O–H groups in total. The van der Waals surface area contributed by atoms with Crippen LogP contribution in [-0.2, 0) is 11.2 Å². The summed E-state index contributed by atoms with van der Waals surface area (Å²) in [6.45, 7) is 4.39. The Morgan fingerprint density at radius 1 is 1.15 bits per heavy atom. The van der Waals surface area contributed by atoms with Crippen LogP contribution in [0.5, 0.6) is 5.75 Å². The number of aromatic nitrogens is 1. The van der Waals surface area contributed by atoms with Crippen LogP contribution >= 0.6 is 0 Å². The lowest BCUT2D eigenvalue weighted by Gasteiger charge is -2.20. The van der Waals surface area contributed by atoms with Crippen LogP contribution in [-0.4, -0.2) is 24.5 Å². The maximum atomic E-state index is 12.8. The summed E-state index contributed by atoms with van der Waals surface area (Å²) in [5.41, 5.74) is 2.36. The van der Waals surface area contributed by atoms with Gasteiger partial charge >= 0.3 is 0 Å². The second kappa shape index (κ2) is 7.87. The van der Waals surface area contributed by atoms with E-state index in [4.69, 9.17) is 9.15 Å². The zero-order valence-corrected chi connectivity index (χ0v) is 15.2. The molecular formula is C21H22N2O3. The van der Waals surface area contributed by atoms with Gasteiger partial charge in [-0.25, -0.2) is 4.98 Å². The number of carbonyl (C=O) groups excluding carboxylic acids is 1. The molecule has 0 atom stereocenters. The van der Waals surface area contributed by atoms with E-state index in [1.165, 1.54) is 0 Å². The monoisotopic (exact) mass is 350 g/mol. The summed E-state index contributed by atoms with van der Waals surface area (Å²) in [7, 11) is 1.62. The number of benzene rings is 2. The van der Waals surface area contributed by atoms with Crippen molar-refractivity contribution in [1.82, 2.24) is 4.98 Å². The first-order valence-corrected chi connectivity index (χ1v) is 8.58. The Labute approximate surface area is 153 Å². The summed E-state index contributed by atoms with van der Waals surface area (Å²) >= 11 is 0. The summed E-state index contributed by atoms with van der Waals surface area (Å²) in [5, 5.41) is 0. The Balaban J connectivity index is 1.82. The fraction of sp³-hybridized carbons (Fsp3) is 0.238. The lowest BCUT2D eigenvalue weighted by Crippen LogP contribution is -2.32. The topological polar surface area (TPSA) is 55.6 Å². The molecule has 3 aromatic rings. The number of hydrogen-bond acceptors (Lipinski definition) is 4. The van der Waals surface area contributed by atoms with Gasteiger partial charge in [-0.15, -0.1) is 0 Å². The van der Waals surface area contributed by atoms with Crippen molar-refractivity contribution >= 4 is 11.6 Å². The average Bonchev–Trinajstić information content (AvgIpc) is 3.04. The van der Waals surface area contributed by atoms with Gasteiger partial charge < -0.3 is 14.1 Å². The van der Waals surface area contributed by atoms with Crippen LogP contribution in [0.3, 0.4) is 0 Å². The predicted molar refractivity (Wildman–Crippen MR) is 101 cm³/mol. The summed E-state index contributed by atoms with van der Waals surface area (Å²) in [5.74, 6) is 1.87. The van der Waals surface area contributed by atoms with Crippen molar-refractivity contribution in [1.29, 1.82) is 0 Å². The van der Waals surface area contributed by atoms with E-state index in [1.807, 2.05) is 68.4 Å². The van der Waals surface area contributed by atoms with Gasteiger partial charge in [-0.3, -0.25) is 4.79 Å². The predicted octanol–water partition coefficient (Wildman–Crippen LogP) is 4.25. The number of likely N-dealkylation sites (N-methyl/N-ethyl adjacent to an activating group) is 1. The summed E-state index contributed by atoms with van der Waals surface area (Å²) in [6.07, 6.45) is 0.196. The van der Waals surface area contributed by atoms with Crippen molar-refractivity contribution in [3.05, 3.63) is 66.1 Å². The number of ether oxygens (including phenoxy) is 1. The van der Waals surface area contributed by atoms with Crippen molar-refractivity contribution in [2.75, 3.05) is 18.6 Å². The van der Waals surface area contributed by atoms with Gasteiger partial charge in [0.05, 0.1) is 19.2 Å². The molecule has 0 unspecified atom stereocenters. The van der Waals surface area contributed by atoms with Crippen LogP contribution in [0.2, 0.25) is 0 Å². The normalized spacial score (nSPS) is 10.6. The molecular weight excluding hydrogens is 328 g/mol. The first-order valence-electron chi connectivity index (χ1n) is 8.58. The molecule has 0 bridgehead atoms. The number of amides is 1. The van der Waals surface area contributed by atoms with Crippen molar-refractivity contribution in [3.63, 3.8) is 0 Å². The molecule has 134 valence electrons.